The number of aromatic nitrogens is 2. The summed E-state index contributed by atoms with van der Waals surface area (Å²) in [5.74, 6) is 1.90. The zero-order valence-electron chi connectivity index (χ0n) is 15.8. The third-order valence-corrected chi connectivity index (χ3v) is 5.48. The van der Waals surface area contributed by atoms with Crippen molar-refractivity contribution in [2.24, 2.45) is 4.99 Å². The third-order valence-electron chi connectivity index (χ3n) is 4.66. The van der Waals surface area contributed by atoms with Gasteiger partial charge in [0.2, 0.25) is 5.13 Å². The van der Waals surface area contributed by atoms with Crippen LogP contribution in [0.3, 0.4) is 0 Å². The van der Waals surface area contributed by atoms with Gasteiger partial charge in [-0.25, -0.2) is 4.98 Å². The summed E-state index contributed by atoms with van der Waals surface area (Å²) in [6.45, 7) is 9.44. The Kier molecular flexibility index (Phi) is 8.77. The molecule has 1 unspecified atom stereocenters. The number of morpholine rings is 1. The third kappa shape index (κ3) is 5.64. The van der Waals surface area contributed by atoms with Crippen LogP contribution in [0.25, 0.3) is 0 Å². The lowest BCUT2D eigenvalue weighted by molar-refractivity contribution is -0.0163. The first kappa shape index (κ1) is 21.6. The molecule has 3 heterocycles. The lowest BCUT2D eigenvalue weighted by atomic mass is 10.3. The van der Waals surface area contributed by atoms with Crippen LogP contribution in [0.15, 0.2) is 4.99 Å². The minimum atomic E-state index is 0. The van der Waals surface area contributed by atoms with Crippen molar-refractivity contribution in [3.63, 3.8) is 0 Å². The molecule has 10 heteroatoms. The number of aliphatic imine (C=N–C) groups is 1. The van der Waals surface area contributed by atoms with Crippen molar-refractivity contribution in [1.29, 1.82) is 0 Å². The maximum absolute atomic E-state index is 5.82. The number of aryl methyl sites for hydroxylation is 1. The number of nitrogens with one attached hydrogen (secondary N) is 1. The van der Waals surface area contributed by atoms with Crippen molar-refractivity contribution in [1.82, 2.24) is 24.5 Å². The number of anilines is 1. The van der Waals surface area contributed by atoms with E-state index in [0.29, 0.717) is 0 Å². The molecular weight excluding hydrogens is 465 g/mol. The molecule has 0 bridgehead atoms. The zero-order valence-corrected chi connectivity index (χ0v) is 19.0. The Morgan fingerprint density at radius 3 is 2.69 bits per heavy atom. The molecule has 1 atom stereocenters. The average Bonchev–Trinajstić information content (AvgIpc) is 3.12. The summed E-state index contributed by atoms with van der Waals surface area (Å²) in [4.78, 5) is 16.0. The van der Waals surface area contributed by atoms with Crippen LogP contribution in [-0.4, -0.2) is 97.7 Å². The molecule has 0 aromatic carbocycles. The number of guanidine groups is 1. The summed E-state index contributed by atoms with van der Waals surface area (Å²) in [6, 6.07) is 0. The monoisotopic (exact) mass is 495 g/mol. The van der Waals surface area contributed by atoms with Gasteiger partial charge in [-0.3, -0.25) is 4.99 Å². The number of halogens is 1. The van der Waals surface area contributed by atoms with Gasteiger partial charge < -0.3 is 24.8 Å². The second kappa shape index (κ2) is 10.6. The molecule has 26 heavy (non-hydrogen) atoms. The maximum atomic E-state index is 5.82. The molecule has 2 fully saturated rings. The van der Waals surface area contributed by atoms with Crippen LogP contribution >= 0.6 is 35.5 Å². The molecule has 2 aliphatic heterocycles. The first-order valence-electron chi connectivity index (χ1n) is 9.03. The number of hydrogen-bond acceptors (Lipinski definition) is 7. The molecule has 0 aliphatic carbocycles. The molecule has 1 aromatic heterocycles. The van der Waals surface area contributed by atoms with Gasteiger partial charge in [0.05, 0.1) is 12.7 Å². The Balaban J connectivity index is 0.00000243. The highest BCUT2D eigenvalue weighted by molar-refractivity contribution is 14.0. The number of piperazine rings is 1. The SMILES string of the molecule is CCc1nsc(N2CCN(C(=NC)NCC3CN(C)CCO3)CC2)n1.I. The van der Waals surface area contributed by atoms with Crippen LogP contribution in [0.1, 0.15) is 12.7 Å². The Labute approximate surface area is 177 Å². The normalized spacial score (nSPS) is 22.3. The van der Waals surface area contributed by atoms with Crippen LogP contribution in [0.2, 0.25) is 0 Å². The molecule has 0 amide bonds. The highest BCUT2D eigenvalue weighted by atomic mass is 127. The van der Waals surface area contributed by atoms with Crippen molar-refractivity contribution in [2.75, 3.05) is 71.4 Å². The predicted octanol–water partition coefficient (Wildman–Crippen LogP) is 0.746. The molecule has 1 aromatic rings. The first-order chi connectivity index (χ1) is 12.2. The van der Waals surface area contributed by atoms with E-state index in [2.05, 4.69) is 48.3 Å². The molecule has 0 radical (unpaired) electrons. The standard InChI is InChI=1S/C16H29N7OS.HI/c1-4-14-19-16(25-20-14)23-7-5-22(6-8-23)15(17-2)18-11-13-12-21(3)9-10-24-13;/h13H,4-12H2,1-3H3,(H,17,18);1H. The highest BCUT2D eigenvalue weighted by Gasteiger charge is 2.23. The Morgan fingerprint density at radius 1 is 1.31 bits per heavy atom. The Morgan fingerprint density at radius 2 is 2.08 bits per heavy atom. The van der Waals surface area contributed by atoms with Crippen molar-refractivity contribution in [2.45, 2.75) is 19.4 Å². The van der Waals surface area contributed by atoms with Crippen molar-refractivity contribution in [3.05, 3.63) is 5.82 Å². The van der Waals surface area contributed by atoms with Gasteiger partial charge in [-0.1, -0.05) is 6.92 Å². The summed E-state index contributed by atoms with van der Waals surface area (Å²) in [7, 11) is 3.99. The molecular formula is C16H30IN7OS. The van der Waals surface area contributed by atoms with Gasteiger partial charge in [0, 0.05) is 70.8 Å². The number of nitrogens with zero attached hydrogens (tertiary/aromatic N) is 6. The fraction of sp³-hybridized carbons (Fsp3) is 0.812. The fourth-order valence-corrected chi connectivity index (χ4v) is 3.96. The van der Waals surface area contributed by atoms with Gasteiger partial charge in [-0.05, 0) is 7.05 Å². The lowest BCUT2D eigenvalue weighted by Crippen LogP contribution is -2.54. The van der Waals surface area contributed by atoms with Gasteiger partial charge >= 0.3 is 0 Å². The Hall–Kier alpha value is -0.720. The second-order valence-corrected chi connectivity index (χ2v) is 7.23. The highest BCUT2D eigenvalue weighted by Crippen LogP contribution is 2.19. The van der Waals surface area contributed by atoms with Crippen LogP contribution < -0.4 is 10.2 Å². The van der Waals surface area contributed by atoms with Crippen molar-refractivity contribution < 1.29 is 4.74 Å². The summed E-state index contributed by atoms with van der Waals surface area (Å²) in [6.07, 6.45) is 1.12. The molecule has 0 saturated carbocycles. The molecule has 3 rings (SSSR count). The zero-order chi connectivity index (χ0) is 17.6. The first-order valence-corrected chi connectivity index (χ1v) is 9.80. The van der Waals surface area contributed by atoms with Crippen LogP contribution in [-0.2, 0) is 11.2 Å². The van der Waals surface area contributed by atoms with Crippen molar-refractivity contribution >= 4 is 46.6 Å². The minimum Gasteiger partial charge on any atom is -0.374 e. The van der Waals surface area contributed by atoms with Gasteiger partial charge in [-0.15, -0.1) is 24.0 Å². The quantitative estimate of drug-likeness (QED) is 0.376. The van der Waals surface area contributed by atoms with E-state index in [0.717, 1.165) is 75.8 Å². The topological polar surface area (TPSA) is 69.1 Å². The van der Waals surface area contributed by atoms with Crippen LogP contribution in [0, 0.1) is 0 Å². The van der Waals surface area contributed by atoms with Gasteiger partial charge in [0.1, 0.15) is 5.82 Å². The Bertz CT molecular complexity index is 577. The minimum absolute atomic E-state index is 0. The van der Waals surface area contributed by atoms with E-state index < -0.39 is 0 Å². The molecule has 2 saturated heterocycles. The van der Waals surface area contributed by atoms with E-state index in [-0.39, 0.29) is 30.1 Å². The summed E-state index contributed by atoms with van der Waals surface area (Å²) in [5.41, 5.74) is 0. The van der Waals surface area contributed by atoms with E-state index in [1.165, 1.54) is 11.5 Å². The lowest BCUT2D eigenvalue weighted by Gasteiger charge is -2.37. The largest absolute Gasteiger partial charge is 0.374 e. The van der Waals surface area contributed by atoms with Crippen molar-refractivity contribution in [3.8, 4) is 0 Å². The predicted molar refractivity (Wildman–Crippen MR) is 117 cm³/mol. The van der Waals surface area contributed by atoms with E-state index >= 15 is 0 Å². The van der Waals surface area contributed by atoms with E-state index in [1.54, 1.807) is 0 Å². The molecule has 148 valence electrons. The van der Waals surface area contributed by atoms with E-state index in [9.17, 15) is 0 Å². The molecule has 1 N–H and O–H groups in total. The number of rotatable bonds is 4. The van der Waals surface area contributed by atoms with Gasteiger partial charge in [-0.2, -0.15) is 4.37 Å². The molecule has 0 spiro atoms. The summed E-state index contributed by atoms with van der Waals surface area (Å²) >= 11 is 1.50. The number of hydrogen-bond donors (Lipinski definition) is 1. The number of ether oxygens (including phenoxy) is 1. The van der Waals surface area contributed by atoms with Gasteiger partial charge in [0.15, 0.2) is 5.96 Å². The summed E-state index contributed by atoms with van der Waals surface area (Å²) in [5, 5.41) is 4.52. The smallest absolute Gasteiger partial charge is 0.205 e. The second-order valence-electron chi connectivity index (χ2n) is 6.50. The summed E-state index contributed by atoms with van der Waals surface area (Å²) < 4.78 is 10.2. The number of likely N-dealkylation sites (N-methyl/N-ethyl adjacent to an activating group) is 1. The van der Waals surface area contributed by atoms with Crippen LogP contribution in [0.5, 0.6) is 0 Å². The molecule has 2 aliphatic rings. The maximum Gasteiger partial charge on any atom is 0.205 e. The fourth-order valence-electron chi connectivity index (χ4n) is 3.15. The van der Waals surface area contributed by atoms with E-state index in [1.807, 2.05) is 7.05 Å². The average molecular weight is 495 g/mol. The molecule has 8 nitrogen and oxygen atoms in total. The van der Waals surface area contributed by atoms with E-state index in [4.69, 9.17) is 4.74 Å². The van der Waals surface area contributed by atoms with Gasteiger partial charge in [0.25, 0.3) is 0 Å². The van der Waals surface area contributed by atoms with Crippen LogP contribution in [0.4, 0.5) is 5.13 Å².